The van der Waals surface area contributed by atoms with E-state index in [1.165, 1.54) is 18.1 Å². The Labute approximate surface area is 146 Å². The molecule has 0 saturated carbocycles. The van der Waals surface area contributed by atoms with Crippen molar-refractivity contribution in [1.29, 1.82) is 0 Å². The Morgan fingerprint density at radius 1 is 1.25 bits per heavy atom. The minimum absolute atomic E-state index is 0.378. The van der Waals surface area contributed by atoms with Crippen LogP contribution in [0.5, 0.6) is 0 Å². The number of nitrogens with zero attached hydrogens (tertiary/aromatic N) is 2. The Morgan fingerprint density at radius 3 is 2.62 bits per heavy atom. The Kier molecular flexibility index (Phi) is 6.48. The molecular weight excluding hydrogens is 326 g/mol. The molecular formula is C16H23N5O2S. The highest BCUT2D eigenvalue weighted by molar-refractivity contribution is 7.99. The third kappa shape index (κ3) is 6.91. The van der Waals surface area contributed by atoms with Crippen molar-refractivity contribution >= 4 is 23.5 Å². The number of anilines is 1. The van der Waals surface area contributed by atoms with Gasteiger partial charge in [-0.05, 0) is 51.5 Å². The molecule has 8 heteroatoms. The van der Waals surface area contributed by atoms with Gasteiger partial charge in [0, 0.05) is 23.7 Å². The van der Waals surface area contributed by atoms with Gasteiger partial charge in [0.1, 0.15) is 11.9 Å². The summed E-state index contributed by atoms with van der Waals surface area (Å²) in [5, 5.41) is 13.5. The van der Waals surface area contributed by atoms with Crippen molar-refractivity contribution in [2.75, 3.05) is 18.4 Å². The van der Waals surface area contributed by atoms with Crippen LogP contribution >= 0.6 is 11.8 Å². The molecule has 0 spiro atoms. The van der Waals surface area contributed by atoms with Gasteiger partial charge in [0.25, 0.3) is 0 Å². The van der Waals surface area contributed by atoms with E-state index in [-0.39, 0.29) is 6.09 Å². The molecule has 0 aliphatic carbocycles. The summed E-state index contributed by atoms with van der Waals surface area (Å²) in [6, 6.07) is 8.07. The molecule has 0 aliphatic heterocycles. The van der Waals surface area contributed by atoms with Gasteiger partial charge in [-0.2, -0.15) is 5.10 Å². The van der Waals surface area contributed by atoms with E-state index in [0.29, 0.717) is 6.54 Å². The topological polar surface area (TPSA) is 91.9 Å². The maximum Gasteiger partial charge on any atom is 0.407 e. The number of aromatic amines is 1. The third-order valence-corrected chi connectivity index (χ3v) is 3.71. The van der Waals surface area contributed by atoms with Crippen molar-refractivity contribution < 1.29 is 9.53 Å². The van der Waals surface area contributed by atoms with E-state index in [1.54, 1.807) is 0 Å². The van der Waals surface area contributed by atoms with E-state index in [4.69, 9.17) is 4.74 Å². The molecule has 1 aromatic carbocycles. The number of hydrogen-bond donors (Lipinski definition) is 3. The van der Waals surface area contributed by atoms with Crippen LogP contribution in [0, 0.1) is 0 Å². The number of hydrogen-bond acceptors (Lipinski definition) is 6. The molecule has 2 rings (SSSR count). The summed E-state index contributed by atoms with van der Waals surface area (Å²) in [5.41, 5.74) is 0.572. The van der Waals surface area contributed by atoms with Gasteiger partial charge in [0.2, 0.25) is 0 Å². The van der Waals surface area contributed by atoms with Crippen LogP contribution in [0.15, 0.2) is 40.6 Å². The summed E-state index contributed by atoms with van der Waals surface area (Å²) in [5.74, 6) is 0. The molecule has 0 radical (unpaired) electrons. The second-order valence-electron chi connectivity index (χ2n) is 6.13. The lowest BCUT2D eigenvalue weighted by Crippen LogP contribution is -2.33. The van der Waals surface area contributed by atoms with Crippen LogP contribution in [0.1, 0.15) is 27.2 Å². The van der Waals surface area contributed by atoms with E-state index >= 15 is 0 Å². The first-order valence-electron chi connectivity index (χ1n) is 7.76. The van der Waals surface area contributed by atoms with Crippen molar-refractivity contribution in [2.45, 2.75) is 42.8 Å². The second kappa shape index (κ2) is 8.58. The number of aromatic nitrogens is 3. The SMILES string of the molecule is CC(C)(C)OC(=O)NCCCNc1ccc(Sc2ncn[nH]2)cc1. The van der Waals surface area contributed by atoms with Crippen LogP contribution in [0.25, 0.3) is 0 Å². The highest BCUT2D eigenvalue weighted by Gasteiger charge is 2.15. The van der Waals surface area contributed by atoms with Gasteiger partial charge in [-0.3, -0.25) is 5.10 Å². The standard InChI is InChI=1S/C16H23N5O2S/c1-16(2,3)23-15(22)18-10-4-9-17-12-5-7-13(8-6-12)24-14-19-11-20-21-14/h5-8,11,17H,4,9-10H2,1-3H3,(H,18,22)(H,19,20,21). The summed E-state index contributed by atoms with van der Waals surface area (Å²) in [4.78, 5) is 16.7. The van der Waals surface area contributed by atoms with Crippen LogP contribution in [0.3, 0.4) is 0 Å². The van der Waals surface area contributed by atoms with E-state index in [9.17, 15) is 4.79 Å². The van der Waals surface area contributed by atoms with E-state index in [1.807, 2.05) is 45.0 Å². The second-order valence-corrected chi connectivity index (χ2v) is 7.19. The summed E-state index contributed by atoms with van der Waals surface area (Å²) in [6.45, 7) is 6.88. The Morgan fingerprint density at radius 2 is 2.00 bits per heavy atom. The number of carbonyl (C=O) groups is 1. The number of amides is 1. The summed E-state index contributed by atoms with van der Waals surface area (Å²) in [6.07, 6.45) is 1.92. The predicted molar refractivity (Wildman–Crippen MR) is 94.3 cm³/mol. The maximum atomic E-state index is 11.5. The highest BCUT2D eigenvalue weighted by atomic mass is 32.2. The first-order valence-corrected chi connectivity index (χ1v) is 8.58. The normalized spacial score (nSPS) is 11.1. The van der Waals surface area contributed by atoms with Crippen molar-refractivity contribution in [2.24, 2.45) is 0 Å². The van der Waals surface area contributed by atoms with Crippen molar-refractivity contribution in [3.63, 3.8) is 0 Å². The fourth-order valence-electron chi connectivity index (χ4n) is 1.82. The molecule has 1 aromatic heterocycles. The summed E-state index contributed by atoms with van der Waals surface area (Å²) >= 11 is 1.52. The van der Waals surface area contributed by atoms with Gasteiger partial charge >= 0.3 is 6.09 Å². The molecule has 24 heavy (non-hydrogen) atoms. The molecule has 0 fully saturated rings. The molecule has 0 bridgehead atoms. The predicted octanol–water partition coefficient (Wildman–Crippen LogP) is 3.28. The lowest BCUT2D eigenvalue weighted by atomic mass is 10.2. The van der Waals surface area contributed by atoms with Crippen molar-refractivity contribution in [3.8, 4) is 0 Å². The fraction of sp³-hybridized carbons (Fsp3) is 0.438. The van der Waals surface area contributed by atoms with Gasteiger partial charge < -0.3 is 15.4 Å². The van der Waals surface area contributed by atoms with E-state index in [2.05, 4.69) is 25.8 Å². The Bertz CT molecular complexity index is 623. The lowest BCUT2D eigenvalue weighted by Gasteiger charge is -2.19. The summed E-state index contributed by atoms with van der Waals surface area (Å²) in [7, 11) is 0. The number of alkyl carbamates (subject to hydrolysis) is 1. The first-order chi connectivity index (χ1) is 11.4. The molecule has 2 aromatic rings. The average Bonchev–Trinajstić information content (AvgIpc) is 3.00. The molecule has 0 unspecified atom stereocenters. The number of rotatable bonds is 7. The van der Waals surface area contributed by atoms with Gasteiger partial charge in [-0.1, -0.05) is 11.8 Å². The molecule has 0 atom stereocenters. The van der Waals surface area contributed by atoms with Crippen molar-refractivity contribution in [1.82, 2.24) is 20.5 Å². The highest BCUT2D eigenvalue weighted by Crippen LogP contribution is 2.25. The fourth-order valence-corrected chi connectivity index (χ4v) is 2.52. The lowest BCUT2D eigenvalue weighted by molar-refractivity contribution is 0.0528. The van der Waals surface area contributed by atoms with Crippen LogP contribution in [0.4, 0.5) is 10.5 Å². The maximum absolute atomic E-state index is 11.5. The minimum Gasteiger partial charge on any atom is -0.444 e. The largest absolute Gasteiger partial charge is 0.444 e. The Balaban J connectivity index is 1.63. The molecule has 0 saturated heterocycles. The number of ether oxygens (including phenoxy) is 1. The average molecular weight is 349 g/mol. The zero-order valence-electron chi connectivity index (χ0n) is 14.1. The third-order valence-electron chi connectivity index (χ3n) is 2.81. The van der Waals surface area contributed by atoms with E-state index in [0.717, 1.165) is 28.7 Å². The van der Waals surface area contributed by atoms with Gasteiger partial charge in [0.15, 0.2) is 5.16 Å². The Hall–Kier alpha value is -2.22. The monoisotopic (exact) mass is 349 g/mol. The number of carbonyl (C=O) groups excluding carboxylic acids is 1. The number of benzene rings is 1. The molecule has 1 amide bonds. The first kappa shape index (κ1) is 18.1. The summed E-state index contributed by atoms with van der Waals surface area (Å²) < 4.78 is 5.17. The minimum atomic E-state index is -0.464. The van der Waals surface area contributed by atoms with Gasteiger partial charge in [-0.15, -0.1) is 0 Å². The van der Waals surface area contributed by atoms with Gasteiger partial charge in [0.05, 0.1) is 0 Å². The van der Waals surface area contributed by atoms with E-state index < -0.39 is 5.60 Å². The molecule has 3 N–H and O–H groups in total. The van der Waals surface area contributed by atoms with Gasteiger partial charge in [-0.25, -0.2) is 9.78 Å². The van der Waals surface area contributed by atoms with Crippen LogP contribution < -0.4 is 10.6 Å². The van der Waals surface area contributed by atoms with Crippen molar-refractivity contribution in [3.05, 3.63) is 30.6 Å². The smallest absolute Gasteiger partial charge is 0.407 e. The molecule has 7 nitrogen and oxygen atoms in total. The number of H-pyrrole nitrogens is 1. The quantitative estimate of drug-likeness (QED) is 0.664. The zero-order chi connectivity index (χ0) is 17.4. The zero-order valence-corrected chi connectivity index (χ0v) is 14.9. The van der Waals surface area contributed by atoms with Crippen LogP contribution in [-0.2, 0) is 4.74 Å². The molecule has 130 valence electrons. The van der Waals surface area contributed by atoms with Crippen LogP contribution in [0.2, 0.25) is 0 Å². The molecule has 1 heterocycles. The number of nitrogens with one attached hydrogen (secondary N) is 3. The molecule has 0 aliphatic rings. The van der Waals surface area contributed by atoms with Crippen LogP contribution in [-0.4, -0.2) is 40.0 Å².